The molecular formula is C21H26N2O2. The van der Waals surface area contributed by atoms with Crippen LogP contribution in [0, 0.1) is 5.92 Å². The topological polar surface area (TPSA) is 42.4 Å². The summed E-state index contributed by atoms with van der Waals surface area (Å²) in [5, 5.41) is 0. The van der Waals surface area contributed by atoms with Crippen LogP contribution in [0.5, 0.6) is 0 Å². The first-order valence-corrected chi connectivity index (χ1v) is 9.08. The molecule has 25 heavy (non-hydrogen) atoms. The van der Waals surface area contributed by atoms with E-state index in [1.54, 1.807) is 12.4 Å². The van der Waals surface area contributed by atoms with E-state index in [-0.39, 0.29) is 12.0 Å². The smallest absolute Gasteiger partial charge is 0.222 e. The molecular weight excluding hydrogens is 312 g/mol. The Morgan fingerprint density at radius 3 is 2.64 bits per heavy atom. The number of pyridine rings is 1. The first kappa shape index (κ1) is 17.6. The fourth-order valence-electron chi connectivity index (χ4n) is 3.48. The Bertz CT molecular complexity index is 660. The zero-order valence-electron chi connectivity index (χ0n) is 14.8. The van der Waals surface area contributed by atoms with Crippen LogP contribution in [0.25, 0.3) is 0 Å². The largest absolute Gasteiger partial charge is 0.373 e. The number of ether oxygens (including phenoxy) is 1. The highest BCUT2D eigenvalue weighted by Crippen LogP contribution is 2.25. The summed E-state index contributed by atoms with van der Waals surface area (Å²) in [5.41, 5.74) is 2.44. The van der Waals surface area contributed by atoms with Crippen LogP contribution in [-0.4, -0.2) is 35.0 Å². The first-order chi connectivity index (χ1) is 12.3. The molecule has 1 aromatic carbocycles. The molecule has 1 aromatic heterocycles. The van der Waals surface area contributed by atoms with Crippen molar-refractivity contribution in [1.82, 2.24) is 9.88 Å². The van der Waals surface area contributed by atoms with Gasteiger partial charge in [-0.1, -0.05) is 37.3 Å². The predicted octanol–water partition coefficient (Wildman–Crippen LogP) is 3.47. The van der Waals surface area contributed by atoms with E-state index >= 15 is 0 Å². The van der Waals surface area contributed by atoms with Gasteiger partial charge in [-0.2, -0.15) is 0 Å². The minimum atomic E-state index is 0.175. The number of carbonyl (C=O) groups is 1. The van der Waals surface area contributed by atoms with E-state index in [0.717, 1.165) is 31.5 Å². The summed E-state index contributed by atoms with van der Waals surface area (Å²) < 4.78 is 6.25. The van der Waals surface area contributed by atoms with E-state index in [1.807, 2.05) is 30.0 Å². The average Bonchev–Trinajstić information content (AvgIpc) is 2.68. The minimum Gasteiger partial charge on any atom is -0.373 e. The summed E-state index contributed by atoms with van der Waals surface area (Å²) in [6.07, 6.45) is 6.17. The quantitative estimate of drug-likeness (QED) is 0.810. The molecule has 1 amide bonds. The van der Waals surface area contributed by atoms with Crippen LogP contribution in [0.3, 0.4) is 0 Å². The monoisotopic (exact) mass is 338 g/mol. The maximum absolute atomic E-state index is 12.1. The molecule has 0 radical (unpaired) electrons. The van der Waals surface area contributed by atoms with Crippen LogP contribution < -0.4 is 0 Å². The number of aromatic nitrogens is 1. The lowest BCUT2D eigenvalue weighted by atomic mass is 9.88. The molecule has 132 valence electrons. The number of nitrogens with zero attached hydrogens (tertiary/aromatic N) is 2. The van der Waals surface area contributed by atoms with Gasteiger partial charge in [0, 0.05) is 37.8 Å². The number of carbonyl (C=O) groups excluding carboxylic acids is 1. The molecule has 0 aliphatic carbocycles. The fourth-order valence-corrected chi connectivity index (χ4v) is 3.48. The third-order valence-corrected chi connectivity index (χ3v) is 4.87. The number of likely N-dealkylation sites (tertiary alicyclic amines) is 1. The Balaban J connectivity index is 1.67. The van der Waals surface area contributed by atoms with E-state index in [1.165, 1.54) is 5.56 Å². The second-order valence-corrected chi connectivity index (χ2v) is 6.64. The molecule has 0 unspecified atom stereocenters. The normalized spacial score (nSPS) is 20.4. The highest BCUT2D eigenvalue weighted by molar-refractivity contribution is 5.75. The van der Waals surface area contributed by atoms with E-state index in [2.05, 4.69) is 29.2 Å². The third-order valence-electron chi connectivity index (χ3n) is 4.87. The molecule has 1 aliphatic rings. The van der Waals surface area contributed by atoms with Gasteiger partial charge in [0.05, 0.1) is 12.7 Å². The lowest BCUT2D eigenvalue weighted by Crippen LogP contribution is -2.47. The number of benzene rings is 1. The molecule has 4 heteroatoms. The molecule has 1 saturated heterocycles. The van der Waals surface area contributed by atoms with Crippen LogP contribution in [0.2, 0.25) is 0 Å². The SMILES string of the molecule is CCC(=O)N1CC[C@H](OCc2ccncc2)[C@H](Cc2ccccc2)C1. The van der Waals surface area contributed by atoms with Crippen molar-refractivity contribution in [3.63, 3.8) is 0 Å². The molecule has 1 aliphatic heterocycles. The van der Waals surface area contributed by atoms with Gasteiger partial charge in [0.1, 0.15) is 0 Å². The van der Waals surface area contributed by atoms with Gasteiger partial charge < -0.3 is 9.64 Å². The molecule has 0 N–H and O–H groups in total. The second-order valence-electron chi connectivity index (χ2n) is 6.64. The summed E-state index contributed by atoms with van der Waals surface area (Å²) in [6.45, 7) is 4.10. The van der Waals surface area contributed by atoms with Crippen molar-refractivity contribution >= 4 is 5.91 Å². The van der Waals surface area contributed by atoms with Crippen molar-refractivity contribution in [2.75, 3.05) is 13.1 Å². The molecule has 3 rings (SSSR count). The third kappa shape index (κ3) is 4.89. The van der Waals surface area contributed by atoms with Crippen molar-refractivity contribution in [2.24, 2.45) is 5.92 Å². The van der Waals surface area contributed by atoms with Gasteiger partial charge in [-0.25, -0.2) is 0 Å². The van der Waals surface area contributed by atoms with Crippen LogP contribution in [0.15, 0.2) is 54.9 Å². The standard InChI is InChI=1S/C21H26N2O2/c1-2-21(24)23-13-10-20(25-16-18-8-11-22-12-9-18)19(15-23)14-17-6-4-3-5-7-17/h3-9,11-12,19-20H,2,10,13-16H2,1H3/t19-,20+/m1/s1. The Labute approximate surface area is 149 Å². The van der Waals surface area contributed by atoms with E-state index in [0.29, 0.717) is 18.9 Å². The zero-order valence-corrected chi connectivity index (χ0v) is 14.8. The summed E-state index contributed by atoms with van der Waals surface area (Å²) in [6, 6.07) is 14.5. The van der Waals surface area contributed by atoms with Crippen molar-refractivity contribution < 1.29 is 9.53 Å². The number of rotatable bonds is 6. The minimum absolute atomic E-state index is 0.175. The number of hydrogen-bond donors (Lipinski definition) is 0. The van der Waals surface area contributed by atoms with E-state index < -0.39 is 0 Å². The second kappa shape index (κ2) is 8.77. The molecule has 0 bridgehead atoms. The Morgan fingerprint density at radius 1 is 1.16 bits per heavy atom. The van der Waals surface area contributed by atoms with E-state index in [9.17, 15) is 4.79 Å². The summed E-state index contributed by atoms with van der Waals surface area (Å²) >= 11 is 0. The lowest BCUT2D eigenvalue weighted by Gasteiger charge is -2.38. The highest BCUT2D eigenvalue weighted by Gasteiger charge is 2.31. The number of hydrogen-bond acceptors (Lipinski definition) is 3. The average molecular weight is 338 g/mol. The van der Waals surface area contributed by atoms with Crippen molar-refractivity contribution in [2.45, 2.75) is 38.9 Å². The number of amides is 1. The van der Waals surface area contributed by atoms with Gasteiger partial charge in [-0.15, -0.1) is 0 Å². The van der Waals surface area contributed by atoms with Crippen LogP contribution in [0.1, 0.15) is 30.9 Å². The van der Waals surface area contributed by atoms with Gasteiger partial charge in [-0.05, 0) is 36.1 Å². The summed E-state index contributed by atoms with van der Waals surface area (Å²) in [5.74, 6) is 0.569. The zero-order chi connectivity index (χ0) is 17.5. The fraction of sp³-hybridized carbons (Fsp3) is 0.429. The molecule has 2 aromatic rings. The van der Waals surface area contributed by atoms with Gasteiger partial charge >= 0.3 is 0 Å². The van der Waals surface area contributed by atoms with E-state index in [4.69, 9.17) is 4.74 Å². The lowest BCUT2D eigenvalue weighted by molar-refractivity contribution is -0.136. The van der Waals surface area contributed by atoms with Crippen LogP contribution in [0.4, 0.5) is 0 Å². The maximum atomic E-state index is 12.1. The van der Waals surface area contributed by atoms with Gasteiger partial charge in [0.2, 0.25) is 5.91 Å². The molecule has 2 atom stereocenters. The summed E-state index contributed by atoms with van der Waals surface area (Å²) in [7, 11) is 0. The molecule has 2 heterocycles. The Hall–Kier alpha value is -2.20. The van der Waals surface area contributed by atoms with Crippen LogP contribution in [-0.2, 0) is 22.6 Å². The van der Waals surface area contributed by atoms with Crippen LogP contribution >= 0.6 is 0 Å². The molecule has 0 saturated carbocycles. The van der Waals surface area contributed by atoms with Crippen molar-refractivity contribution in [3.05, 3.63) is 66.0 Å². The molecule has 0 spiro atoms. The van der Waals surface area contributed by atoms with Gasteiger partial charge in [-0.3, -0.25) is 9.78 Å². The summed E-state index contributed by atoms with van der Waals surface area (Å²) in [4.78, 5) is 18.2. The van der Waals surface area contributed by atoms with Crippen molar-refractivity contribution in [3.8, 4) is 0 Å². The first-order valence-electron chi connectivity index (χ1n) is 9.08. The maximum Gasteiger partial charge on any atom is 0.222 e. The highest BCUT2D eigenvalue weighted by atomic mass is 16.5. The molecule has 1 fully saturated rings. The Morgan fingerprint density at radius 2 is 1.92 bits per heavy atom. The predicted molar refractivity (Wildman–Crippen MR) is 97.9 cm³/mol. The van der Waals surface area contributed by atoms with Crippen molar-refractivity contribution in [1.29, 1.82) is 0 Å². The number of piperidine rings is 1. The van der Waals surface area contributed by atoms with Gasteiger partial charge in [0.15, 0.2) is 0 Å². The molecule has 4 nitrogen and oxygen atoms in total. The Kier molecular flexibility index (Phi) is 6.18. The van der Waals surface area contributed by atoms with Gasteiger partial charge in [0.25, 0.3) is 0 Å².